The van der Waals surface area contributed by atoms with E-state index in [1.807, 2.05) is 24.3 Å². The Morgan fingerprint density at radius 1 is 0.958 bits per heavy atom. The summed E-state index contributed by atoms with van der Waals surface area (Å²) in [5, 5.41) is 0.748. The number of fused-ring (bicyclic) bond motifs is 1. The third-order valence-electron chi connectivity index (χ3n) is 5.21. The third kappa shape index (κ3) is 3.50. The molecule has 0 atom stereocenters. The molecule has 128 valence electrons. The van der Waals surface area contributed by atoms with Crippen LogP contribution in [0.3, 0.4) is 0 Å². The van der Waals surface area contributed by atoms with E-state index in [-0.39, 0.29) is 10.8 Å². The second-order valence-electron chi connectivity index (χ2n) is 8.01. The Labute approximate surface area is 158 Å². The Morgan fingerprint density at radius 3 is 2.08 bits per heavy atom. The Morgan fingerprint density at radius 2 is 1.50 bits per heavy atom. The smallest absolute Gasteiger partial charge is 0.134 e. The average Bonchev–Trinajstić information content (AvgIpc) is 2.52. The van der Waals surface area contributed by atoms with Crippen molar-refractivity contribution in [1.82, 2.24) is 0 Å². The minimum atomic E-state index is 0.184. The summed E-state index contributed by atoms with van der Waals surface area (Å²) in [5.41, 5.74) is 4.35. The van der Waals surface area contributed by atoms with Gasteiger partial charge >= 0.3 is 0 Å². The highest BCUT2D eigenvalue weighted by molar-refractivity contribution is 9.10. The molecule has 24 heavy (non-hydrogen) atoms. The maximum atomic E-state index is 6.10. The molecule has 0 heterocycles. The molecule has 0 radical (unpaired) electrons. The third-order valence-corrected chi connectivity index (χ3v) is 6.08. The van der Waals surface area contributed by atoms with Crippen molar-refractivity contribution in [3.05, 3.63) is 62.6 Å². The van der Waals surface area contributed by atoms with Crippen molar-refractivity contribution < 1.29 is 4.74 Å². The highest BCUT2D eigenvalue weighted by Crippen LogP contribution is 2.48. The van der Waals surface area contributed by atoms with Crippen LogP contribution in [0.1, 0.15) is 57.2 Å². The van der Waals surface area contributed by atoms with Crippen LogP contribution in [-0.2, 0) is 17.4 Å². The highest BCUT2D eigenvalue weighted by atomic mass is 79.9. The van der Waals surface area contributed by atoms with Crippen molar-refractivity contribution >= 4 is 27.5 Å². The van der Waals surface area contributed by atoms with E-state index in [1.54, 1.807) is 0 Å². The Hall–Kier alpha value is -0.990. The molecule has 0 unspecified atom stereocenters. The maximum absolute atomic E-state index is 6.10. The molecule has 1 aliphatic carbocycles. The number of hydrogen-bond donors (Lipinski definition) is 0. The van der Waals surface area contributed by atoms with Crippen molar-refractivity contribution in [1.29, 1.82) is 0 Å². The van der Waals surface area contributed by atoms with Gasteiger partial charge in [0.25, 0.3) is 0 Å². The molecule has 1 aliphatic rings. The molecule has 0 amide bonds. The van der Waals surface area contributed by atoms with Gasteiger partial charge in [-0.3, -0.25) is 0 Å². The van der Waals surface area contributed by atoms with Crippen LogP contribution in [-0.4, -0.2) is 0 Å². The minimum absolute atomic E-state index is 0.184. The Balaban J connectivity index is 1.91. The van der Waals surface area contributed by atoms with Crippen LogP contribution in [0.5, 0.6) is 5.75 Å². The first-order chi connectivity index (χ1) is 11.2. The molecule has 0 bridgehead atoms. The first-order valence-electron chi connectivity index (χ1n) is 8.41. The summed E-state index contributed by atoms with van der Waals surface area (Å²) in [6.45, 7) is 9.87. The van der Waals surface area contributed by atoms with E-state index in [0.717, 1.165) is 20.8 Å². The molecule has 3 rings (SSSR count). The van der Waals surface area contributed by atoms with Crippen LogP contribution in [0, 0.1) is 0 Å². The summed E-state index contributed by atoms with van der Waals surface area (Å²) in [6, 6.07) is 12.3. The van der Waals surface area contributed by atoms with Gasteiger partial charge in [-0.25, -0.2) is 0 Å². The summed E-state index contributed by atoms with van der Waals surface area (Å²) in [6.07, 6.45) is 2.41. The lowest BCUT2D eigenvalue weighted by atomic mass is 9.63. The summed E-state index contributed by atoms with van der Waals surface area (Å²) in [5.74, 6) is 0.912. The lowest BCUT2D eigenvalue weighted by Gasteiger charge is -2.42. The van der Waals surface area contributed by atoms with Gasteiger partial charge in [0.2, 0.25) is 0 Å². The van der Waals surface area contributed by atoms with Gasteiger partial charge in [0.1, 0.15) is 12.4 Å². The topological polar surface area (TPSA) is 9.23 Å². The minimum Gasteiger partial charge on any atom is -0.488 e. The van der Waals surface area contributed by atoms with Gasteiger partial charge in [0, 0.05) is 5.02 Å². The molecule has 0 spiro atoms. The summed E-state index contributed by atoms with van der Waals surface area (Å²) >= 11 is 9.65. The van der Waals surface area contributed by atoms with E-state index >= 15 is 0 Å². The largest absolute Gasteiger partial charge is 0.488 e. The van der Waals surface area contributed by atoms with Crippen molar-refractivity contribution in [2.45, 2.75) is 58.0 Å². The molecule has 0 saturated carbocycles. The van der Waals surface area contributed by atoms with Gasteiger partial charge in [-0.15, -0.1) is 0 Å². The van der Waals surface area contributed by atoms with E-state index in [9.17, 15) is 0 Å². The maximum Gasteiger partial charge on any atom is 0.134 e. The van der Waals surface area contributed by atoms with E-state index in [0.29, 0.717) is 6.61 Å². The molecule has 2 aromatic carbocycles. The second kappa shape index (κ2) is 6.38. The van der Waals surface area contributed by atoms with Crippen LogP contribution in [0.4, 0.5) is 0 Å². The van der Waals surface area contributed by atoms with E-state index in [1.165, 1.54) is 24.0 Å². The van der Waals surface area contributed by atoms with Gasteiger partial charge in [-0.2, -0.15) is 0 Å². The lowest BCUT2D eigenvalue weighted by Crippen LogP contribution is -2.33. The fraction of sp³-hybridized carbons (Fsp3) is 0.429. The Kier molecular flexibility index (Phi) is 4.74. The van der Waals surface area contributed by atoms with E-state index in [2.05, 4.69) is 55.8 Å². The van der Waals surface area contributed by atoms with Crippen molar-refractivity contribution in [3.63, 3.8) is 0 Å². The van der Waals surface area contributed by atoms with E-state index < -0.39 is 0 Å². The molecule has 1 nitrogen and oxygen atoms in total. The van der Waals surface area contributed by atoms with Crippen LogP contribution < -0.4 is 4.74 Å². The predicted octanol–water partition coefficient (Wildman–Crippen LogP) is 7.03. The van der Waals surface area contributed by atoms with Crippen molar-refractivity contribution in [3.8, 4) is 5.75 Å². The van der Waals surface area contributed by atoms with Gasteiger partial charge in [-0.1, -0.05) is 51.4 Å². The molecular formula is C21H24BrClO. The van der Waals surface area contributed by atoms with Crippen molar-refractivity contribution in [2.75, 3.05) is 0 Å². The number of hydrogen-bond acceptors (Lipinski definition) is 1. The van der Waals surface area contributed by atoms with Crippen molar-refractivity contribution in [2.24, 2.45) is 0 Å². The average molecular weight is 408 g/mol. The standard InChI is InChI=1S/C21H24BrClO/c1-20(2)9-10-21(3,4)17-12-19(18(22)11-16(17)20)24-13-14-5-7-15(23)8-6-14/h5-8,11-12H,9-10,13H2,1-4H3. The Bertz CT molecular complexity index is 747. The number of halogens is 2. The second-order valence-corrected chi connectivity index (χ2v) is 9.30. The van der Waals surface area contributed by atoms with Crippen LogP contribution in [0.2, 0.25) is 5.02 Å². The number of benzene rings is 2. The number of ether oxygens (including phenoxy) is 1. The number of rotatable bonds is 3. The van der Waals surface area contributed by atoms with Gasteiger partial charge in [0.15, 0.2) is 0 Å². The first kappa shape index (κ1) is 17.8. The first-order valence-corrected chi connectivity index (χ1v) is 9.58. The van der Waals surface area contributed by atoms with Gasteiger partial charge in [-0.05, 0) is 80.6 Å². The van der Waals surface area contributed by atoms with Crippen LogP contribution in [0.15, 0.2) is 40.9 Å². The molecule has 3 heteroatoms. The van der Waals surface area contributed by atoms with E-state index in [4.69, 9.17) is 16.3 Å². The zero-order valence-corrected chi connectivity index (χ0v) is 17.1. The summed E-state index contributed by atoms with van der Waals surface area (Å²) in [4.78, 5) is 0. The zero-order valence-electron chi connectivity index (χ0n) is 14.7. The summed E-state index contributed by atoms with van der Waals surface area (Å²) in [7, 11) is 0. The lowest BCUT2D eigenvalue weighted by molar-refractivity contribution is 0.296. The highest BCUT2D eigenvalue weighted by Gasteiger charge is 2.37. The van der Waals surface area contributed by atoms with Crippen LogP contribution in [0.25, 0.3) is 0 Å². The molecular weight excluding hydrogens is 384 g/mol. The van der Waals surface area contributed by atoms with Gasteiger partial charge in [0.05, 0.1) is 4.47 Å². The molecule has 0 fully saturated rings. The molecule has 0 saturated heterocycles. The molecule has 0 aliphatic heterocycles. The monoisotopic (exact) mass is 406 g/mol. The zero-order chi connectivity index (χ0) is 17.5. The normalized spacial score (nSPS) is 18.1. The van der Waals surface area contributed by atoms with Crippen LogP contribution >= 0.6 is 27.5 Å². The SMILES string of the molecule is CC1(C)CCC(C)(C)c2cc(OCc3ccc(Cl)cc3)c(Br)cc21. The fourth-order valence-corrected chi connectivity index (χ4v) is 4.00. The van der Waals surface area contributed by atoms with Gasteiger partial charge < -0.3 is 4.74 Å². The summed E-state index contributed by atoms with van der Waals surface area (Å²) < 4.78 is 7.13. The quantitative estimate of drug-likeness (QED) is 0.530. The predicted molar refractivity (Wildman–Crippen MR) is 105 cm³/mol. The molecule has 0 N–H and O–H groups in total. The molecule has 2 aromatic rings. The fourth-order valence-electron chi connectivity index (χ4n) is 3.42. The molecule has 0 aromatic heterocycles.